The van der Waals surface area contributed by atoms with Crippen LogP contribution in [0.4, 0.5) is 0 Å². The van der Waals surface area contributed by atoms with Gasteiger partial charge >= 0.3 is 11.9 Å². The van der Waals surface area contributed by atoms with Gasteiger partial charge in [-0.2, -0.15) is 0 Å². The van der Waals surface area contributed by atoms with E-state index in [1.807, 2.05) is 30.1 Å². The number of rotatable bonds is 5. The summed E-state index contributed by atoms with van der Waals surface area (Å²) in [6.07, 6.45) is 1.67. The van der Waals surface area contributed by atoms with Crippen LogP contribution < -0.4 is 0 Å². The van der Waals surface area contributed by atoms with Gasteiger partial charge < -0.3 is 19.7 Å². The second-order valence-corrected chi connectivity index (χ2v) is 7.26. The normalized spacial score (nSPS) is 17.7. The van der Waals surface area contributed by atoms with Gasteiger partial charge in [-0.25, -0.2) is 0 Å². The summed E-state index contributed by atoms with van der Waals surface area (Å²) in [6.45, 7) is 2.74. The standard InChI is InChI=1S/C17H20BrN3O4/c1-19-4-6-20(7-5-19)16(17(24)25)13-9-21(10-15(22)23)14-8-11(18)2-3-12(13)14/h2-3,8-9,16H,4-7,10H2,1H3,(H,22,23)(H,24,25)/t16-/m1/s1. The highest BCUT2D eigenvalue weighted by Gasteiger charge is 2.32. The van der Waals surface area contributed by atoms with Crippen LogP contribution in [0.2, 0.25) is 0 Å². The molecule has 7 nitrogen and oxygen atoms in total. The van der Waals surface area contributed by atoms with Crippen molar-refractivity contribution in [3.63, 3.8) is 0 Å². The predicted octanol–water partition coefficient (Wildman–Crippen LogP) is 1.86. The van der Waals surface area contributed by atoms with Crippen molar-refractivity contribution in [1.29, 1.82) is 0 Å². The fourth-order valence-corrected chi connectivity index (χ4v) is 3.70. The SMILES string of the molecule is CN1CCN([C@@H](C(=O)O)c2cn(CC(=O)O)c3cc(Br)ccc23)CC1. The molecule has 0 bridgehead atoms. The van der Waals surface area contributed by atoms with Crippen molar-refractivity contribution in [2.45, 2.75) is 12.6 Å². The highest BCUT2D eigenvalue weighted by Crippen LogP contribution is 2.32. The fourth-order valence-electron chi connectivity index (χ4n) is 3.35. The summed E-state index contributed by atoms with van der Waals surface area (Å²) >= 11 is 3.40. The van der Waals surface area contributed by atoms with Gasteiger partial charge in [-0.05, 0) is 19.2 Å². The summed E-state index contributed by atoms with van der Waals surface area (Å²) in [7, 11) is 2.02. The Morgan fingerprint density at radius 2 is 1.88 bits per heavy atom. The molecule has 0 unspecified atom stereocenters. The molecule has 0 radical (unpaired) electrons. The number of carboxylic acid groups (broad SMARTS) is 2. The molecule has 1 aromatic heterocycles. The van der Waals surface area contributed by atoms with E-state index in [2.05, 4.69) is 20.8 Å². The molecule has 1 saturated heterocycles. The van der Waals surface area contributed by atoms with Crippen LogP contribution in [0.15, 0.2) is 28.9 Å². The molecule has 134 valence electrons. The second-order valence-electron chi connectivity index (χ2n) is 6.35. The molecule has 2 N–H and O–H groups in total. The Bertz CT molecular complexity index is 812. The van der Waals surface area contributed by atoms with Gasteiger partial charge in [0.25, 0.3) is 0 Å². The number of benzene rings is 1. The molecule has 0 aliphatic carbocycles. The first-order valence-electron chi connectivity index (χ1n) is 8.02. The number of aromatic nitrogens is 1. The molecular weight excluding hydrogens is 390 g/mol. The Balaban J connectivity index is 2.08. The maximum Gasteiger partial charge on any atom is 0.325 e. The van der Waals surface area contributed by atoms with Crippen molar-refractivity contribution in [2.75, 3.05) is 33.2 Å². The average Bonchev–Trinajstić information content (AvgIpc) is 2.86. The number of aliphatic carboxylic acids is 2. The molecular formula is C17H20BrN3O4. The van der Waals surface area contributed by atoms with Crippen LogP contribution in [-0.2, 0) is 16.1 Å². The van der Waals surface area contributed by atoms with Crippen LogP contribution in [0.25, 0.3) is 10.9 Å². The summed E-state index contributed by atoms with van der Waals surface area (Å²) in [5.74, 6) is -1.88. The van der Waals surface area contributed by atoms with Gasteiger partial charge in [0.2, 0.25) is 0 Å². The van der Waals surface area contributed by atoms with E-state index < -0.39 is 18.0 Å². The molecule has 1 fully saturated rings. The maximum absolute atomic E-state index is 12.0. The number of hydrogen-bond acceptors (Lipinski definition) is 4. The third-order valence-electron chi connectivity index (χ3n) is 4.61. The second kappa shape index (κ2) is 7.15. The van der Waals surface area contributed by atoms with E-state index in [1.165, 1.54) is 0 Å². The first-order valence-corrected chi connectivity index (χ1v) is 8.81. The van der Waals surface area contributed by atoms with E-state index in [4.69, 9.17) is 5.11 Å². The summed E-state index contributed by atoms with van der Waals surface area (Å²) in [6, 6.07) is 4.73. The number of piperazine rings is 1. The zero-order valence-electron chi connectivity index (χ0n) is 13.9. The third kappa shape index (κ3) is 3.70. The molecule has 0 amide bonds. The minimum atomic E-state index is -0.963. The summed E-state index contributed by atoms with van der Waals surface area (Å²) < 4.78 is 2.42. The smallest absolute Gasteiger partial charge is 0.325 e. The van der Waals surface area contributed by atoms with Gasteiger partial charge in [-0.1, -0.05) is 22.0 Å². The summed E-state index contributed by atoms with van der Waals surface area (Å²) in [5, 5.41) is 19.8. The fraction of sp³-hybridized carbons (Fsp3) is 0.412. The van der Waals surface area contributed by atoms with Crippen molar-refractivity contribution in [3.8, 4) is 0 Å². The molecule has 0 spiro atoms. The average molecular weight is 410 g/mol. The summed E-state index contributed by atoms with van der Waals surface area (Å²) in [4.78, 5) is 27.3. The Hall–Kier alpha value is -1.90. The van der Waals surface area contributed by atoms with Crippen molar-refractivity contribution in [3.05, 3.63) is 34.4 Å². The van der Waals surface area contributed by atoms with Crippen LogP contribution >= 0.6 is 15.9 Å². The minimum Gasteiger partial charge on any atom is -0.480 e. The number of hydrogen-bond donors (Lipinski definition) is 2. The largest absolute Gasteiger partial charge is 0.480 e. The lowest BCUT2D eigenvalue weighted by Gasteiger charge is -2.36. The highest BCUT2D eigenvalue weighted by molar-refractivity contribution is 9.10. The van der Waals surface area contributed by atoms with Gasteiger partial charge in [0, 0.05) is 47.8 Å². The van der Waals surface area contributed by atoms with Crippen molar-refractivity contribution < 1.29 is 19.8 Å². The van der Waals surface area contributed by atoms with Gasteiger partial charge in [0.1, 0.15) is 12.6 Å². The number of halogens is 1. The quantitative estimate of drug-likeness (QED) is 0.783. The van der Waals surface area contributed by atoms with Crippen LogP contribution in [-0.4, -0.2) is 69.7 Å². The number of carboxylic acids is 2. The minimum absolute atomic E-state index is 0.206. The van der Waals surface area contributed by atoms with E-state index in [9.17, 15) is 14.7 Å². The van der Waals surface area contributed by atoms with Gasteiger partial charge in [-0.3, -0.25) is 14.5 Å². The lowest BCUT2D eigenvalue weighted by molar-refractivity contribution is -0.144. The van der Waals surface area contributed by atoms with E-state index in [-0.39, 0.29) is 6.54 Å². The monoisotopic (exact) mass is 409 g/mol. The van der Waals surface area contributed by atoms with Crippen molar-refractivity contribution >= 4 is 38.8 Å². The summed E-state index contributed by atoms with van der Waals surface area (Å²) in [5.41, 5.74) is 1.35. The lowest BCUT2D eigenvalue weighted by atomic mass is 10.0. The van der Waals surface area contributed by atoms with Crippen molar-refractivity contribution in [1.82, 2.24) is 14.4 Å². The molecule has 1 aromatic carbocycles. The Morgan fingerprint density at radius 3 is 2.48 bits per heavy atom. The number of fused-ring (bicyclic) bond motifs is 1. The molecule has 2 aromatic rings. The first-order chi connectivity index (χ1) is 11.9. The zero-order valence-corrected chi connectivity index (χ0v) is 15.4. The van der Waals surface area contributed by atoms with Crippen molar-refractivity contribution in [2.24, 2.45) is 0 Å². The Kier molecular flexibility index (Phi) is 5.12. The zero-order chi connectivity index (χ0) is 18.1. The molecule has 8 heteroatoms. The lowest BCUT2D eigenvalue weighted by Crippen LogP contribution is -2.47. The number of nitrogens with zero attached hydrogens (tertiary/aromatic N) is 3. The Morgan fingerprint density at radius 1 is 1.20 bits per heavy atom. The molecule has 2 heterocycles. The molecule has 1 aliphatic heterocycles. The Labute approximate surface area is 153 Å². The third-order valence-corrected chi connectivity index (χ3v) is 5.11. The number of likely N-dealkylation sites (N-methyl/N-ethyl adjacent to an activating group) is 1. The van der Waals surface area contributed by atoms with Crippen LogP contribution in [0.3, 0.4) is 0 Å². The van der Waals surface area contributed by atoms with Crippen LogP contribution in [0.1, 0.15) is 11.6 Å². The van der Waals surface area contributed by atoms with E-state index in [0.29, 0.717) is 24.2 Å². The van der Waals surface area contributed by atoms with Gasteiger partial charge in [-0.15, -0.1) is 0 Å². The molecule has 1 aliphatic rings. The van der Waals surface area contributed by atoms with E-state index >= 15 is 0 Å². The molecule has 25 heavy (non-hydrogen) atoms. The highest BCUT2D eigenvalue weighted by atomic mass is 79.9. The molecule has 0 saturated carbocycles. The van der Waals surface area contributed by atoms with Crippen LogP contribution in [0, 0.1) is 0 Å². The first kappa shape index (κ1) is 17.9. The molecule has 3 rings (SSSR count). The van der Waals surface area contributed by atoms with E-state index in [1.54, 1.807) is 10.8 Å². The van der Waals surface area contributed by atoms with E-state index in [0.717, 1.165) is 22.9 Å². The van der Waals surface area contributed by atoms with Gasteiger partial charge in [0.05, 0.1) is 5.52 Å². The van der Waals surface area contributed by atoms with Gasteiger partial charge in [0.15, 0.2) is 0 Å². The topological polar surface area (TPSA) is 86.0 Å². The molecule has 1 atom stereocenters. The predicted molar refractivity (Wildman–Crippen MR) is 96.7 cm³/mol. The maximum atomic E-state index is 12.0. The van der Waals surface area contributed by atoms with Crippen LogP contribution in [0.5, 0.6) is 0 Å². The number of carbonyl (C=O) groups is 2.